The average Bonchev–Trinajstić information content (AvgIpc) is 3.21. The van der Waals surface area contributed by atoms with Crippen molar-refractivity contribution >= 4 is 38.2 Å². The van der Waals surface area contributed by atoms with Gasteiger partial charge in [-0.05, 0) is 25.0 Å². The lowest BCUT2D eigenvalue weighted by Crippen LogP contribution is -2.43. The number of likely N-dealkylation sites (tertiary alicyclic amines) is 1. The summed E-state index contributed by atoms with van der Waals surface area (Å²) in [6, 6.07) is 6.82. The Hall–Kier alpha value is -2.26. The highest BCUT2D eigenvalue weighted by Crippen LogP contribution is 2.30. The molecule has 130 valence electrons. The quantitative estimate of drug-likeness (QED) is 0.865. The number of benzene rings is 1. The van der Waals surface area contributed by atoms with Crippen LogP contribution in [-0.4, -0.2) is 43.1 Å². The number of nitrogens with zero attached hydrogens (tertiary/aromatic N) is 3. The molecule has 2 aliphatic rings. The summed E-state index contributed by atoms with van der Waals surface area (Å²) >= 11 is 1.37. The van der Waals surface area contributed by atoms with Crippen LogP contribution in [-0.2, 0) is 14.8 Å². The topological polar surface area (TPSA) is 91.7 Å². The van der Waals surface area contributed by atoms with Crippen LogP contribution in [0.25, 0.3) is 0 Å². The monoisotopic (exact) mass is 376 g/mol. The third-order valence-electron chi connectivity index (χ3n) is 4.37. The van der Waals surface area contributed by atoms with Crippen molar-refractivity contribution in [3.63, 3.8) is 0 Å². The van der Waals surface area contributed by atoms with E-state index in [0.717, 1.165) is 12.8 Å². The molecule has 0 bridgehead atoms. The zero-order valence-electron chi connectivity index (χ0n) is 13.3. The fraction of sp³-hybridized carbons (Fsp3) is 0.312. The van der Waals surface area contributed by atoms with Gasteiger partial charge in [0.1, 0.15) is 4.90 Å². The zero-order valence-corrected chi connectivity index (χ0v) is 14.9. The molecule has 2 aliphatic heterocycles. The van der Waals surface area contributed by atoms with E-state index in [0.29, 0.717) is 29.6 Å². The zero-order chi connectivity index (χ0) is 17.4. The highest BCUT2D eigenvalue weighted by Gasteiger charge is 2.35. The van der Waals surface area contributed by atoms with Crippen LogP contribution in [0.4, 0.5) is 5.13 Å². The van der Waals surface area contributed by atoms with Gasteiger partial charge in [-0.3, -0.25) is 4.79 Å². The molecule has 25 heavy (non-hydrogen) atoms. The van der Waals surface area contributed by atoms with Gasteiger partial charge in [0.2, 0.25) is 5.91 Å². The molecule has 9 heteroatoms. The Balaban J connectivity index is 1.55. The van der Waals surface area contributed by atoms with E-state index in [1.54, 1.807) is 35.8 Å². The first-order valence-corrected chi connectivity index (χ1v) is 10.3. The van der Waals surface area contributed by atoms with Crippen molar-refractivity contribution in [2.24, 2.45) is 10.3 Å². The second kappa shape index (κ2) is 6.23. The molecule has 0 radical (unpaired) electrons. The minimum atomic E-state index is -3.65. The summed E-state index contributed by atoms with van der Waals surface area (Å²) in [5.74, 6) is 0.132. The number of anilines is 1. The summed E-state index contributed by atoms with van der Waals surface area (Å²) < 4.78 is 28.4. The summed E-state index contributed by atoms with van der Waals surface area (Å²) in [5, 5.41) is 5.20. The Labute approximate surface area is 149 Å². The predicted octanol–water partition coefficient (Wildman–Crippen LogP) is 1.94. The molecule has 0 aliphatic carbocycles. The molecule has 0 spiro atoms. The molecule has 1 aromatic carbocycles. The number of hydrogen-bond donors (Lipinski definition) is 1. The molecule has 4 rings (SSSR count). The normalized spacial score (nSPS) is 21.5. The molecule has 3 heterocycles. The van der Waals surface area contributed by atoms with Gasteiger partial charge in [-0.1, -0.05) is 12.1 Å². The van der Waals surface area contributed by atoms with Crippen LogP contribution in [0.2, 0.25) is 0 Å². The molecule has 1 saturated heterocycles. The smallest absolute Gasteiger partial charge is 0.285 e. The second-order valence-corrected chi connectivity index (χ2v) is 8.46. The highest BCUT2D eigenvalue weighted by molar-refractivity contribution is 7.90. The lowest BCUT2D eigenvalue weighted by atomic mass is 9.96. The molecule has 2 aromatic rings. The summed E-state index contributed by atoms with van der Waals surface area (Å²) in [4.78, 5) is 18.7. The van der Waals surface area contributed by atoms with Gasteiger partial charge in [0.15, 0.2) is 11.0 Å². The van der Waals surface area contributed by atoms with Crippen molar-refractivity contribution in [1.82, 2.24) is 9.88 Å². The van der Waals surface area contributed by atoms with Crippen molar-refractivity contribution in [2.45, 2.75) is 17.7 Å². The third kappa shape index (κ3) is 3.05. The number of hydrogen-bond acceptors (Lipinski definition) is 6. The van der Waals surface area contributed by atoms with Gasteiger partial charge in [-0.2, -0.15) is 8.42 Å². The molecule has 0 unspecified atom stereocenters. The Morgan fingerprint density at radius 3 is 2.96 bits per heavy atom. The Morgan fingerprint density at radius 1 is 1.32 bits per heavy atom. The first-order valence-electron chi connectivity index (χ1n) is 7.94. The van der Waals surface area contributed by atoms with E-state index in [2.05, 4.69) is 14.7 Å². The van der Waals surface area contributed by atoms with Crippen LogP contribution in [0.5, 0.6) is 0 Å². The number of piperidine rings is 1. The molecular formula is C16H16N4O3S2. The summed E-state index contributed by atoms with van der Waals surface area (Å²) in [6.45, 7) is 1.13. The molecule has 1 atom stereocenters. The summed E-state index contributed by atoms with van der Waals surface area (Å²) in [5.41, 5.74) is 0.614. The van der Waals surface area contributed by atoms with Crippen LogP contribution in [0.3, 0.4) is 0 Å². The first-order chi connectivity index (χ1) is 12.0. The van der Waals surface area contributed by atoms with Crippen molar-refractivity contribution in [1.29, 1.82) is 0 Å². The number of fused-ring (bicyclic) bond motifs is 1. The van der Waals surface area contributed by atoms with Gasteiger partial charge in [0.05, 0.1) is 5.92 Å². The van der Waals surface area contributed by atoms with Gasteiger partial charge in [-0.25, -0.2) is 4.98 Å². The van der Waals surface area contributed by atoms with Gasteiger partial charge < -0.3 is 10.2 Å². The number of amidine groups is 1. The van der Waals surface area contributed by atoms with Gasteiger partial charge in [-0.15, -0.1) is 15.7 Å². The highest BCUT2D eigenvalue weighted by atomic mass is 32.2. The number of thiazole rings is 1. The van der Waals surface area contributed by atoms with Crippen LogP contribution in [0, 0.1) is 5.92 Å². The fourth-order valence-electron chi connectivity index (χ4n) is 3.19. The minimum Gasteiger partial charge on any atom is -0.355 e. The standard InChI is InChI=1S/C16H16N4O3S2/c21-15(18-16-17-7-9-24-16)11-4-3-8-20(10-11)14-12-5-1-2-6-13(12)25(22,23)19-14/h1-2,5-7,9,11H,3-4,8,10H2,(H,17,18,21)/t11-/m0/s1. The first kappa shape index (κ1) is 16.2. The van der Waals surface area contributed by atoms with Gasteiger partial charge >= 0.3 is 0 Å². The Bertz CT molecular complexity index is 938. The predicted molar refractivity (Wildman–Crippen MR) is 95.2 cm³/mol. The van der Waals surface area contributed by atoms with E-state index in [9.17, 15) is 13.2 Å². The molecule has 1 N–H and O–H groups in total. The van der Waals surface area contributed by atoms with Crippen LogP contribution in [0.1, 0.15) is 18.4 Å². The number of sulfonamides is 1. The van der Waals surface area contributed by atoms with E-state index in [-0.39, 0.29) is 16.7 Å². The SMILES string of the molecule is O=C(Nc1nccs1)[C@H]1CCCN(C2=NS(=O)(=O)c3ccccc32)C1. The second-order valence-electron chi connectivity index (χ2n) is 6.00. The van der Waals surface area contributed by atoms with E-state index >= 15 is 0 Å². The lowest BCUT2D eigenvalue weighted by Gasteiger charge is -2.33. The van der Waals surface area contributed by atoms with Gasteiger partial charge in [0.25, 0.3) is 10.0 Å². The number of nitrogens with one attached hydrogen (secondary N) is 1. The molecular weight excluding hydrogens is 360 g/mol. The van der Waals surface area contributed by atoms with Crippen molar-refractivity contribution < 1.29 is 13.2 Å². The fourth-order valence-corrected chi connectivity index (χ4v) is 4.95. The third-order valence-corrected chi connectivity index (χ3v) is 6.38. The largest absolute Gasteiger partial charge is 0.355 e. The van der Waals surface area contributed by atoms with E-state index in [1.807, 2.05) is 4.90 Å². The van der Waals surface area contributed by atoms with Crippen LogP contribution >= 0.6 is 11.3 Å². The van der Waals surface area contributed by atoms with Crippen molar-refractivity contribution in [3.8, 4) is 0 Å². The van der Waals surface area contributed by atoms with Crippen LogP contribution in [0.15, 0.2) is 45.1 Å². The number of amides is 1. The van der Waals surface area contributed by atoms with Crippen molar-refractivity contribution in [2.75, 3.05) is 18.4 Å². The van der Waals surface area contributed by atoms with Gasteiger partial charge in [0, 0.05) is 30.2 Å². The van der Waals surface area contributed by atoms with E-state index in [1.165, 1.54) is 11.3 Å². The number of aromatic nitrogens is 1. The van der Waals surface area contributed by atoms with Crippen LogP contribution < -0.4 is 5.32 Å². The maximum Gasteiger partial charge on any atom is 0.285 e. The maximum atomic E-state index is 12.5. The molecule has 1 amide bonds. The molecule has 1 aromatic heterocycles. The molecule has 7 nitrogen and oxygen atoms in total. The molecule has 0 saturated carbocycles. The number of carbonyl (C=O) groups is 1. The number of rotatable bonds is 2. The Morgan fingerprint density at radius 2 is 2.16 bits per heavy atom. The summed E-state index contributed by atoms with van der Waals surface area (Å²) in [7, 11) is -3.65. The van der Waals surface area contributed by atoms with E-state index in [4.69, 9.17) is 0 Å². The number of carbonyl (C=O) groups excluding carboxylic acids is 1. The van der Waals surface area contributed by atoms with E-state index < -0.39 is 10.0 Å². The lowest BCUT2D eigenvalue weighted by molar-refractivity contribution is -0.121. The average molecular weight is 376 g/mol. The molecule has 1 fully saturated rings. The Kier molecular flexibility index (Phi) is 4.04. The summed E-state index contributed by atoms with van der Waals surface area (Å²) in [6.07, 6.45) is 3.20. The van der Waals surface area contributed by atoms with Crippen molar-refractivity contribution in [3.05, 3.63) is 41.4 Å². The maximum absolute atomic E-state index is 12.5. The minimum absolute atomic E-state index is 0.0885.